The normalized spacial score (nSPS) is 49.8. The Morgan fingerprint density at radius 3 is 2.23 bits per heavy atom. The maximum Gasteiger partial charge on any atom is 0.183 e. The lowest BCUT2D eigenvalue weighted by Gasteiger charge is -2.43. The number of ether oxygens (including phenoxy) is 1. The van der Waals surface area contributed by atoms with Gasteiger partial charge in [-0.25, -0.2) is 0 Å². The Bertz CT molecular complexity index is 419. The van der Waals surface area contributed by atoms with E-state index < -0.39 is 61.6 Å². The molecule has 1 aliphatic heterocycles. The minimum atomic E-state index is -1.52. The number of aliphatic hydroxyl groups excluding tert-OH is 7. The van der Waals surface area contributed by atoms with E-state index in [0.29, 0.717) is 0 Å². The van der Waals surface area contributed by atoms with Crippen molar-refractivity contribution < 1.29 is 40.5 Å². The maximum absolute atomic E-state index is 10.0. The monoisotopic (exact) mass is 321 g/mol. The summed E-state index contributed by atoms with van der Waals surface area (Å²) in [7, 11) is 0. The van der Waals surface area contributed by atoms with Gasteiger partial charge in [0.25, 0.3) is 0 Å². The SMILES string of the molecule is C[C@H]1O[C@H](O)[C@H](O)[C@@H](O)[C@@H]1NC1C=C(CO)C(O)C(O)C1O. The Balaban J connectivity index is 2.16. The first-order valence-corrected chi connectivity index (χ1v) is 7.09. The first-order valence-electron chi connectivity index (χ1n) is 7.09. The van der Waals surface area contributed by atoms with Gasteiger partial charge in [-0.3, -0.25) is 0 Å². The van der Waals surface area contributed by atoms with E-state index in [-0.39, 0.29) is 5.57 Å². The Morgan fingerprint density at radius 1 is 1.00 bits per heavy atom. The second kappa shape index (κ2) is 6.87. The molecule has 0 radical (unpaired) electrons. The van der Waals surface area contributed by atoms with Gasteiger partial charge in [0.05, 0.1) is 24.8 Å². The Hall–Kier alpha value is -0.620. The van der Waals surface area contributed by atoms with E-state index in [2.05, 4.69) is 5.32 Å². The number of rotatable bonds is 3. The maximum atomic E-state index is 10.0. The van der Waals surface area contributed by atoms with Crippen LogP contribution in [0.5, 0.6) is 0 Å². The molecule has 2 rings (SSSR count). The predicted molar refractivity (Wildman–Crippen MR) is 72.5 cm³/mol. The summed E-state index contributed by atoms with van der Waals surface area (Å²) < 4.78 is 5.08. The van der Waals surface area contributed by atoms with Crippen LogP contribution in [-0.4, -0.2) is 97.4 Å². The van der Waals surface area contributed by atoms with Crippen molar-refractivity contribution in [2.45, 2.75) is 61.9 Å². The van der Waals surface area contributed by atoms with E-state index in [9.17, 15) is 35.7 Å². The fourth-order valence-corrected chi connectivity index (χ4v) is 2.84. The average molecular weight is 321 g/mol. The highest BCUT2D eigenvalue weighted by Gasteiger charge is 2.45. The summed E-state index contributed by atoms with van der Waals surface area (Å²) in [5.41, 5.74) is 0.134. The van der Waals surface area contributed by atoms with E-state index in [1.54, 1.807) is 6.92 Å². The van der Waals surface area contributed by atoms with Gasteiger partial charge < -0.3 is 45.8 Å². The molecule has 0 saturated carbocycles. The zero-order chi connectivity index (χ0) is 16.6. The number of hydrogen-bond acceptors (Lipinski definition) is 9. The summed E-state index contributed by atoms with van der Waals surface area (Å²) in [6.07, 6.45) is -7.99. The second-order valence-electron chi connectivity index (χ2n) is 5.76. The summed E-state index contributed by atoms with van der Waals surface area (Å²) in [5.74, 6) is 0. The molecule has 1 saturated heterocycles. The van der Waals surface area contributed by atoms with Gasteiger partial charge in [0, 0.05) is 0 Å². The molecule has 9 nitrogen and oxygen atoms in total. The molecule has 1 fully saturated rings. The van der Waals surface area contributed by atoms with Crippen LogP contribution < -0.4 is 5.32 Å². The Morgan fingerprint density at radius 2 is 1.64 bits per heavy atom. The van der Waals surface area contributed by atoms with Gasteiger partial charge in [0.1, 0.15) is 30.5 Å². The highest BCUT2D eigenvalue weighted by Crippen LogP contribution is 2.24. The standard InChI is InChI=1S/C13H23NO8/c1-4-7(10(18)12(20)13(21)22-4)14-6-2-5(3-15)8(16)11(19)9(6)17/h2,4,6-21H,3H2,1H3/t4-,6?,7-,8?,9?,10+,11?,12-,13+/m1/s1. The van der Waals surface area contributed by atoms with Crippen LogP contribution in [0.3, 0.4) is 0 Å². The van der Waals surface area contributed by atoms with Gasteiger partial charge in [-0.1, -0.05) is 6.08 Å². The Kier molecular flexibility index (Phi) is 5.54. The van der Waals surface area contributed by atoms with Crippen LogP contribution >= 0.6 is 0 Å². The van der Waals surface area contributed by atoms with Gasteiger partial charge in [-0.15, -0.1) is 0 Å². The lowest BCUT2D eigenvalue weighted by molar-refractivity contribution is -0.254. The largest absolute Gasteiger partial charge is 0.392 e. The quantitative estimate of drug-likeness (QED) is 0.241. The van der Waals surface area contributed by atoms with Crippen LogP contribution in [0.25, 0.3) is 0 Å². The molecule has 0 aromatic heterocycles. The highest BCUT2D eigenvalue weighted by molar-refractivity contribution is 5.22. The van der Waals surface area contributed by atoms with Gasteiger partial charge in [-0.05, 0) is 12.5 Å². The van der Waals surface area contributed by atoms with Crippen molar-refractivity contribution in [2.24, 2.45) is 0 Å². The van der Waals surface area contributed by atoms with Crippen molar-refractivity contribution >= 4 is 0 Å². The van der Waals surface area contributed by atoms with Crippen LogP contribution in [0.15, 0.2) is 11.6 Å². The van der Waals surface area contributed by atoms with Crippen LogP contribution in [0, 0.1) is 0 Å². The summed E-state index contributed by atoms with van der Waals surface area (Å²) in [6, 6.07) is -1.72. The van der Waals surface area contributed by atoms with Gasteiger partial charge >= 0.3 is 0 Å². The number of nitrogens with one attached hydrogen (secondary N) is 1. The summed E-state index contributed by atoms with van der Waals surface area (Å²) >= 11 is 0. The van der Waals surface area contributed by atoms with E-state index >= 15 is 0 Å². The minimum absolute atomic E-state index is 0.134. The summed E-state index contributed by atoms with van der Waals surface area (Å²) in [4.78, 5) is 0. The van der Waals surface area contributed by atoms with E-state index in [1.165, 1.54) is 6.08 Å². The number of aliphatic hydroxyl groups is 7. The molecule has 4 unspecified atom stereocenters. The molecule has 0 aromatic rings. The van der Waals surface area contributed by atoms with Gasteiger partial charge in [0.2, 0.25) is 0 Å². The second-order valence-corrected chi connectivity index (χ2v) is 5.76. The molecule has 8 N–H and O–H groups in total. The molecule has 0 aromatic carbocycles. The van der Waals surface area contributed by atoms with Crippen molar-refractivity contribution in [1.29, 1.82) is 0 Å². The van der Waals surface area contributed by atoms with E-state index in [4.69, 9.17) is 4.74 Å². The zero-order valence-corrected chi connectivity index (χ0v) is 12.0. The molecule has 1 aliphatic carbocycles. The molecule has 2 aliphatic rings. The molecule has 1 heterocycles. The van der Waals surface area contributed by atoms with Crippen molar-refractivity contribution in [2.75, 3.05) is 6.61 Å². The third kappa shape index (κ3) is 3.18. The van der Waals surface area contributed by atoms with Crippen LogP contribution in [-0.2, 0) is 4.74 Å². The molecule has 0 spiro atoms. The summed E-state index contributed by atoms with van der Waals surface area (Å²) in [5, 5.41) is 70.6. The molecule has 0 amide bonds. The first kappa shape index (κ1) is 17.7. The van der Waals surface area contributed by atoms with Crippen molar-refractivity contribution in [3.63, 3.8) is 0 Å². The van der Waals surface area contributed by atoms with Gasteiger partial charge in [0.15, 0.2) is 6.29 Å². The lowest BCUT2D eigenvalue weighted by Crippen LogP contribution is -2.66. The average Bonchev–Trinajstić information content (AvgIpc) is 2.49. The fraction of sp³-hybridized carbons (Fsp3) is 0.846. The predicted octanol–water partition coefficient (Wildman–Crippen LogP) is -4.21. The van der Waals surface area contributed by atoms with Crippen LogP contribution in [0.4, 0.5) is 0 Å². The molecule has 9 heteroatoms. The minimum Gasteiger partial charge on any atom is -0.392 e. The van der Waals surface area contributed by atoms with Crippen molar-refractivity contribution in [3.8, 4) is 0 Å². The number of hydrogen-bond donors (Lipinski definition) is 8. The van der Waals surface area contributed by atoms with E-state index in [0.717, 1.165) is 0 Å². The molecule has 0 bridgehead atoms. The lowest BCUT2D eigenvalue weighted by atomic mass is 9.86. The first-order chi connectivity index (χ1) is 10.3. The van der Waals surface area contributed by atoms with Gasteiger partial charge in [-0.2, -0.15) is 0 Å². The third-order valence-electron chi connectivity index (χ3n) is 4.25. The summed E-state index contributed by atoms with van der Waals surface area (Å²) in [6.45, 7) is 1.07. The van der Waals surface area contributed by atoms with E-state index in [1.807, 2.05) is 0 Å². The molecule has 22 heavy (non-hydrogen) atoms. The smallest absolute Gasteiger partial charge is 0.183 e. The molecule has 128 valence electrons. The molecular formula is C13H23NO8. The molecule has 9 atom stereocenters. The third-order valence-corrected chi connectivity index (χ3v) is 4.25. The van der Waals surface area contributed by atoms with Crippen molar-refractivity contribution in [1.82, 2.24) is 5.32 Å². The molecular weight excluding hydrogens is 298 g/mol. The van der Waals surface area contributed by atoms with Crippen LogP contribution in [0.1, 0.15) is 6.92 Å². The zero-order valence-electron chi connectivity index (χ0n) is 12.0. The van der Waals surface area contributed by atoms with Crippen molar-refractivity contribution in [3.05, 3.63) is 11.6 Å². The fourth-order valence-electron chi connectivity index (χ4n) is 2.84. The van der Waals surface area contributed by atoms with Crippen LogP contribution in [0.2, 0.25) is 0 Å². The topological polar surface area (TPSA) is 163 Å². The Labute approximate surface area is 127 Å². The highest BCUT2D eigenvalue weighted by atomic mass is 16.6.